The van der Waals surface area contributed by atoms with Crippen LogP contribution in [0.5, 0.6) is 0 Å². The maximum absolute atomic E-state index is 12.3. The first-order valence-corrected chi connectivity index (χ1v) is 8.20. The quantitative estimate of drug-likeness (QED) is 0.799. The molecule has 1 aromatic carbocycles. The molecule has 1 saturated heterocycles. The zero-order valence-corrected chi connectivity index (χ0v) is 14.3. The predicted octanol–water partition coefficient (Wildman–Crippen LogP) is 2.61. The molecular formula is C19H23N3O2. The normalized spacial score (nSPS) is 19.6. The lowest BCUT2D eigenvalue weighted by Crippen LogP contribution is -2.28. The fourth-order valence-electron chi connectivity index (χ4n) is 2.87. The third-order valence-electron chi connectivity index (χ3n) is 4.36. The average molecular weight is 325 g/mol. The third-order valence-corrected chi connectivity index (χ3v) is 4.36. The summed E-state index contributed by atoms with van der Waals surface area (Å²) in [6, 6.07) is 7.61. The van der Waals surface area contributed by atoms with Crippen molar-refractivity contribution in [2.24, 2.45) is 0 Å². The van der Waals surface area contributed by atoms with E-state index in [9.17, 15) is 9.59 Å². The molecule has 5 heteroatoms. The summed E-state index contributed by atoms with van der Waals surface area (Å²) in [5.74, 6) is -0.0922. The van der Waals surface area contributed by atoms with Crippen LogP contribution in [0.25, 0.3) is 0 Å². The van der Waals surface area contributed by atoms with Crippen LogP contribution in [-0.2, 0) is 5.41 Å². The number of nitrogens with one attached hydrogen (secondary N) is 3. The predicted molar refractivity (Wildman–Crippen MR) is 93.7 cm³/mol. The summed E-state index contributed by atoms with van der Waals surface area (Å²) in [5, 5.41) is 8.55. The largest absolute Gasteiger partial charge is 0.348 e. The van der Waals surface area contributed by atoms with Gasteiger partial charge in [0.15, 0.2) is 0 Å². The molecular weight excluding hydrogens is 302 g/mol. The summed E-state index contributed by atoms with van der Waals surface area (Å²) < 4.78 is 0. The number of hydrogen-bond donors (Lipinski definition) is 3. The number of carbonyl (C=O) groups is 2. The molecule has 3 rings (SSSR count). The highest BCUT2D eigenvalue weighted by Gasteiger charge is 2.27. The van der Waals surface area contributed by atoms with Crippen molar-refractivity contribution in [2.45, 2.75) is 38.6 Å². The Labute approximate surface area is 142 Å². The molecule has 0 saturated carbocycles. The van der Waals surface area contributed by atoms with Gasteiger partial charge in [0.2, 0.25) is 0 Å². The molecule has 0 spiro atoms. The standard InChI is InChI=1S/C19H23N3O2/c1-19(2,3)14-7-5-13(6-8-14)17(23)20-11-12-4-9-15-16(10-12)22-18(24)21-15/h4-8,10,15H,9,11H2,1-3H3,(H,20,23)(H2,21,22,24). The molecule has 1 heterocycles. The van der Waals surface area contributed by atoms with Crippen LogP contribution in [0.15, 0.2) is 47.7 Å². The first kappa shape index (κ1) is 16.3. The Morgan fingerprint density at radius 1 is 1.25 bits per heavy atom. The molecule has 3 amide bonds. The zero-order chi connectivity index (χ0) is 17.3. The van der Waals surface area contributed by atoms with Crippen molar-refractivity contribution in [1.82, 2.24) is 16.0 Å². The van der Waals surface area contributed by atoms with E-state index in [4.69, 9.17) is 0 Å². The van der Waals surface area contributed by atoms with Gasteiger partial charge in [-0.25, -0.2) is 4.79 Å². The maximum atomic E-state index is 12.3. The molecule has 0 bridgehead atoms. The lowest BCUT2D eigenvalue weighted by molar-refractivity contribution is 0.0957. The lowest BCUT2D eigenvalue weighted by atomic mass is 9.87. The number of rotatable bonds is 3. The van der Waals surface area contributed by atoms with E-state index in [1.54, 1.807) is 0 Å². The van der Waals surface area contributed by atoms with Gasteiger partial charge in [0.1, 0.15) is 0 Å². The van der Waals surface area contributed by atoms with Crippen molar-refractivity contribution in [2.75, 3.05) is 6.54 Å². The van der Waals surface area contributed by atoms with Crippen LogP contribution in [0.1, 0.15) is 43.1 Å². The van der Waals surface area contributed by atoms with E-state index >= 15 is 0 Å². The van der Waals surface area contributed by atoms with E-state index in [0.29, 0.717) is 12.1 Å². The van der Waals surface area contributed by atoms with Gasteiger partial charge in [-0.1, -0.05) is 39.0 Å². The second-order valence-corrected chi connectivity index (χ2v) is 7.28. The second-order valence-electron chi connectivity index (χ2n) is 7.28. The number of amides is 3. The number of carbonyl (C=O) groups excluding carboxylic acids is 2. The van der Waals surface area contributed by atoms with Crippen molar-refractivity contribution < 1.29 is 9.59 Å². The van der Waals surface area contributed by atoms with Crippen LogP contribution in [0.4, 0.5) is 4.79 Å². The van der Waals surface area contributed by atoms with Gasteiger partial charge in [-0.2, -0.15) is 0 Å². The Kier molecular flexibility index (Phi) is 4.18. The summed E-state index contributed by atoms with van der Waals surface area (Å²) in [4.78, 5) is 23.6. The van der Waals surface area contributed by atoms with Crippen LogP contribution in [0.2, 0.25) is 0 Å². The molecule has 2 aliphatic rings. The van der Waals surface area contributed by atoms with Gasteiger partial charge in [0.25, 0.3) is 5.91 Å². The summed E-state index contributed by atoms with van der Waals surface area (Å²) in [6.45, 7) is 6.89. The second kappa shape index (κ2) is 6.15. The Hall–Kier alpha value is -2.56. The number of fused-ring (bicyclic) bond motifs is 1. The van der Waals surface area contributed by atoms with Gasteiger partial charge in [-0.3, -0.25) is 4.79 Å². The highest BCUT2D eigenvalue weighted by atomic mass is 16.2. The Balaban J connectivity index is 1.59. The van der Waals surface area contributed by atoms with Crippen molar-refractivity contribution in [3.05, 3.63) is 58.8 Å². The minimum absolute atomic E-state index is 0.0434. The van der Waals surface area contributed by atoms with Gasteiger partial charge in [0.05, 0.1) is 6.04 Å². The monoisotopic (exact) mass is 325 g/mol. The molecule has 3 N–H and O–H groups in total. The highest BCUT2D eigenvalue weighted by molar-refractivity contribution is 5.94. The lowest BCUT2D eigenvalue weighted by Gasteiger charge is -2.19. The maximum Gasteiger partial charge on any atom is 0.319 e. The van der Waals surface area contributed by atoms with Crippen molar-refractivity contribution in [1.29, 1.82) is 0 Å². The van der Waals surface area contributed by atoms with E-state index in [-0.39, 0.29) is 23.4 Å². The van der Waals surface area contributed by atoms with Gasteiger partial charge in [-0.15, -0.1) is 0 Å². The van der Waals surface area contributed by atoms with Crippen LogP contribution in [0, 0.1) is 0 Å². The van der Waals surface area contributed by atoms with E-state index in [2.05, 4.69) is 36.7 Å². The molecule has 1 aromatic rings. The summed E-state index contributed by atoms with van der Waals surface area (Å²) in [7, 11) is 0. The van der Waals surface area contributed by atoms with Gasteiger partial charge < -0.3 is 16.0 Å². The van der Waals surface area contributed by atoms with Crippen LogP contribution < -0.4 is 16.0 Å². The number of benzene rings is 1. The highest BCUT2D eigenvalue weighted by Crippen LogP contribution is 2.22. The third kappa shape index (κ3) is 3.50. The minimum Gasteiger partial charge on any atom is -0.348 e. The van der Waals surface area contributed by atoms with Crippen LogP contribution in [0.3, 0.4) is 0 Å². The number of urea groups is 1. The van der Waals surface area contributed by atoms with Crippen LogP contribution >= 0.6 is 0 Å². The number of hydrogen-bond acceptors (Lipinski definition) is 2. The van der Waals surface area contributed by atoms with Crippen molar-refractivity contribution in [3.8, 4) is 0 Å². The Morgan fingerprint density at radius 3 is 2.62 bits per heavy atom. The van der Waals surface area contributed by atoms with Gasteiger partial charge in [0, 0.05) is 17.8 Å². The molecule has 126 valence electrons. The average Bonchev–Trinajstić information content (AvgIpc) is 2.91. The molecule has 0 radical (unpaired) electrons. The Bertz CT molecular complexity index is 724. The van der Waals surface area contributed by atoms with E-state index in [0.717, 1.165) is 17.7 Å². The van der Waals surface area contributed by atoms with Gasteiger partial charge >= 0.3 is 6.03 Å². The topological polar surface area (TPSA) is 70.2 Å². The summed E-state index contributed by atoms with van der Waals surface area (Å²) in [6.07, 6.45) is 4.72. The van der Waals surface area contributed by atoms with E-state index in [1.807, 2.05) is 36.4 Å². The SMILES string of the molecule is CC(C)(C)c1ccc(C(=O)NCC2=CCC3NC(=O)NC3=C2)cc1. The molecule has 1 unspecified atom stereocenters. The molecule has 0 aromatic heterocycles. The minimum atomic E-state index is -0.163. The van der Waals surface area contributed by atoms with Crippen molar-refractivity contribution >= 4 is 11.9 Å². The summed E-state index contributed by atoms with van der Waals surface area (Å²) in [5.41, 5.74) is 3.81. The Morgan fingerprint density at radius 2 is 1.96 bits per heavy atom. The zero-order valence-electron chi connectivity index (χ0n) is 14.3. The van der Waals surface area contributed by atoms with Gasteiger partial charge in [-0.05, 0) is 41.2 Å². The first-order chi connectivity index (χ1) is 11.3. The molecule has 5 nitrogen and oxygen atoms in total. The molecule has 24 heavy (non-hydrogen) atoms. The molecule has 1 fully saturated rings. The smallest absolute Gasteiger partial charge is 0.319 e. The first-order valence-electron chi connectivity index (χ1n) is 8.20. The fraction of sp³-hybridized carbons (Fsp3) is 0.368. The molecule has 1 atom stereocenters. The van der Waals surface area contributed by atoms with Crippen LogP contribution in [-0.4, -0.2) is 24.5 Å². The van der Waals surface area contributed by atoms with E-state index < -0.39 is 0 Å². The van der Waals surface area contributed by atoms with E-state index in [1.165, 1.54) is 5.56 Å². The molecule has 1 aliphatic carbocycles. The fourth-order valence-corrected chi connectivity index (χ4v) is 2.87. The van der Waals surface area contributed by atoms with Crippen molar-refractivity contribution in [3.63, 3.8) is 0 Å². The summed E-state index contributed by atoms with van der Waals surface area (Å²) >= 11 is 0. The molecule has 1 aliphatic heterocycles.